The second kappa shape index (κ2) is 7.72. The summed E-state index contributed by atoms with van der Waals surface area (Å²) in [7, 11) is 1.82. The Kier molecular flexibility index (Phi) is 6.27. The van der Waals surface area contributed by atoms with Crippen LogP contribution in [0.3, 0.4) is 0 Å². The molecule has 0 aromatic heterocycles. The Balaban J connectivity index is 2.85. The van der Waals surface area contributed by atoms with Crippen LogP contribution >= 0.6 is 0 Å². The molecule has 20 heavy (non-hydrogen) atoms. The minimum absolute atomic E-state index is 0.00990. The molecule has 1 atom stereocenters. The molecule has 1 aromatic rings. The maximum absolute atomic E-state index is 12.3. The van der Waals surface area contributed by atoms with Gasteiger partial charge in [0.2, 0.25) is 5.91 Å². The summed E-state index contributed by atoms with van der Waals surface area (Å²) in [6.45, 7) is 6.44. The normalized spacial score (nSPS) is 11.7. The lowest BCUT2D eigenvalue weighted by Crippen LogP contribution is -2.33. The molecule has 0 bridgehead atoms. The van der Waals surface area contributed by atoms with Crippen molar-refractivity contribution in [2.75, 3.05) is 13.7 Å². The summed E-state index contributed by atoms with van der Waals surface area (Å²) >= 11 is 0. The maximum Gasteiger partial charge on any atom is 0.225 e. The van der Waals surface area contributed by atoms with Gasteiger partial charge in [-0.25, -0.2) is 0 Å². The quantitative estimate of drug-likeness (QED) is 0.855. The molecule has 3 heteroatoms. The third kappa shape index (κ3) is 4.40. The first-order chi connectivity index (χ1) is 9.47. The zero-order chi connectivity index (χ0) is 15.1. The van der Waals surface area contributed by atoms with E-state index in [-0.39, 0.29) is 18.4 Å². The Morgan fingerprint density at radius 1 is 1.30 bits per heavy atom. The van der Waals surface area contributed by atoms with Crippen LogP contribution in [0.2, 0.25) is 0 Å². The van der Waals surface area contributed by atoms with E-state index in [1.54, 1.807) is 4.90 Å². The zero-order valence-electron chi connectivity index (χ0n) is 12.7. The second-order valence-electron chi connectivity index (χ2n) is 5.34. The molecule has 0 heterocycles. The van der Waals surface area contributed by atoms with E-state index in [2.05, 4.69) is 25.7 Å². The number of carbonyl (C=O) groups excluding carboxylic acids is 1. The fourth-order valence-corrected chi connectivity index (χ4v) is 1.88. The van der Waals surface area contributed by atoms with Crippen LogP contribution in [-0.2, 0) is 11.3 Å². The number of nitrogens with zero attached hydrogens (tertiary/aromatic N) is 1. The van der Waals surface area contributed by atoms with Crippen LogP contribution in [0.1, 0.15) is 31.9 Å². The standard InChI is InChI=1S/C17H23NO2/c1-13(2)14(3)17(20)18(4)12-16-9-6-5-8-15(16)10-7-11-19/h5-6,8-9,13-14,19H,11-12H2,1-4H3. The van der Waals surface area contributed by atoms with Gasteiger partial charge < -0.3 is 10.0 Å². The number of amides is 1. The van der Waals surface area contributed by atoms with E-state index < -0.39 is 0 Å². The molecule has 108 valence electrons. The van der Waals surface area contributed by atoms with Gasteiger partial charge >= 0.3 is 0 Å². The zero-order valence-corrected chi connectivity index (χ0v) is 12.7. The predicted molar refractivity (Wildman–Crippen MR) is 80.9 cm³/mol. The fraction of sp³-hybridized carbons (Fsp3) is 0.471. The maximum atomic E-state index is 12.3. The number of carbonyl (C=O) groups is 1. The van der Waals surface area contributed by atoms with Crippen LogP contribution < -0.4 is 0 Å². The number of hydrogen-bond donors (Lipinski definition) is 1. The highest BCUT2D eigenvalue weighted by atomic mass is 16.2. The van der Waals surface area contributed by atoms with Crippen molar-refractivity contribution in [2.45, 2.75) is 27.3 Å². The van der Waals surface area contributed by atoms with Gasteiger partial charge in [-0.05, 0) is 17.5 Å². The van der Waals surface area contributed by atoms with Gasteiger partial charge in [0.05, 0.1) is 0 Å². The van der Waals surface area contributed by atoms with Crippen molar-refractivity contribution in [3.05, 3.63) is 35.4 Å². The summed E-state index contributed by atoms with van der Waals surface area (Å²) < 4.78 is 0. The van der Waals surface area contributed by atoms with E-state index in [0.717, 1.165) is 11.1 Å². The lowest BCUT2D eigenvalue weighted by Gasteiger charge is -2.24. The van der Waals surface area contributed by atoms with Gasteiger partial charge in [0.15, 0.2) is 0 Å². The van der Waals surface area contributed by atoms with Gasteiger partial charge in [-0.2, -0.15) is 0 Å². The van der Waals surface area contributed by atoms with Crippen LogP contribution in [0.15, 0.2) is 24.3 Å². The van der Waals surface area contributed by atoms with Gasteiger partial charge in [-0.15, -0.1) is 0 Å². The molecule has 0 radical (unpaired) electrons. The Labute approximate surface area is 121 Å². The molecule has 0 saturated heterocycles. The largest absolute Gasteiger partial charge is 0.384 e. The first-order valence-electron chi connectivity index (χ1n) is 6.90. The van der Waals surface area contributed by atoms with E-state index in [1.165, 1.54) is 0 Å². The summed E-state index contributed by atoms with van der Waals surface area (Å²) in [5.41, 5.74) is 1.86. The summed E-state index contributed by atoms with van der Waals surface area (Å²) in [6.07, 6.45) is 0. The van der Waals surface area contributed by atoms with Gasteiger partial charge in [-0.3, -0.25) is 4.79 Å². The molecule has 1 N–H and O–H groups in total. The molecule has 0 aliphatic carbocycles. The van der Waals surface area contributed by atoms with E-state index in [9.17, 15) is 4.79 Å². The summed E-state index contributed by atoms with van der Waals surface area (Å²) in [4.78, 5) is 14.0. The molecule has 1 aromatic carbocycles. The number of hydrogen-bond acceptors (Lipinski definition) is 2. The Morgan fingerprint density at radius 3 is 2.55 bits per heavy atom. The molecule has 3 nitrogen and oxygen atoms in total. The third-order valence-corrected chi connectivity index (χ3v) is 3.49. The minimum Gasteiger partial charge on any atom is -0.384 e. The van der Waals surface area contributed by atoms with Crippen LogP contribution in [0.5, 0.6) is 0 Å². The molecule has 1 rings (SSSR count). The Morgan fingerprint density at radius 2 is 1.95 bits per heavy atom. The predicted octanol–water partition coefficient (Wildman–Crippen LogP) is 2.28. The van der Waals surface area contributed by atoms with E-state index in [0.29, 0.717) is 12.5 Å². The van der Waals surface area contributed by atoms with Gasteiger partial charge in [0, 0.05) is 25.1 Å². The average molecular weight is 273 g/mol. The van der Waals surface area contributed by atoms with Gasteiger partial charge in [-0.1, -0.05) is 50.8 Å². The molecule has 1 amide bonds. The summed E-state index contributed by atoms with van der Waals surface area (Å²) in [5, 5.41) is 8.78. The summed E-state index contributed by atoms with van der Waals surface area (Å²) in [5.74, 6) is 6.05. The molecular weight excluding hydrogens is 250 g/mol. The van der Waals surface area contributed by atoms with Crippen molar-refractivity contribution >= 4 is 5.91 Å². The van der Waals surface area contributed by atoms with Crippen molar-refractivity contribution in [3.8, 4) is 11.8 Å². The highest BCUT2D eigenvalue weighted by Gasteiger charge is 2.20. The molecule has 0 spiro atoms. The molecule has 0 saturated carbocycles. The highest BCUT2D eigenvalue weighted by molar-refractivity contribution is 5.78. The second-order valence-corrected chi connectivity index (χ2v) is 5.34. The van der Waals surface area contributed by atoms with Crippen molar-refractivity contribution in [1.82, 2.24) is 4.90 Å². The summed E-state index contributed by atoms with van der Waals surface area (Å²) in [6, 6.07) is 7.71. The van der Waals surface area contributed by atoms with Crippen LogP contribution in [0, 0.1) is 23.7 Å². The Bertz CT molecular complexity index is 511. The van der Waals surface area contributed by atoms with Gasteiger partial charge in [0.1, 0.15) is 6.61 Å². The Hall–Kier alpha value is -1.79. The molecule has 0 aliphatic rings. The molecule has 0 fully saturated rings. The average Bonchev–Trinajstić information content (AvgIpc) is 2.44. The van der Waals surface area contributed by atoms with Crippen molar-refractivity contribution < 1.29 is 9.90 Å². The molecule has 0 aliphatic heterocycles. The lowest BCUT2D eigenvalue weighted by atomic mass is 9.96. The smallest absolute Gasteiger partial charge is 0.225 e. The van der Waals surface area contributed by atoms with Crippen molar-refractivity contribution in [2.24, 2.45) is 11.8 Å². The first-order valence-corrected chi connectivity index (χ1v) is 6.90. The van der Waals surface area contributed by atoms with Crippen LogP contribution in [0.4, 0.5) is 0 Å². The van der Waals surface area contributed by atoms with Crippen LogP contribution in [-0.4, -0.2) is 29.6 Å². The first kappa shape index (κ1) is 16.3. The monoisotopic (exact) mass is 273 g/mol. The topological polar surface area (TPSA) is 40.5 Å². The SMILES string of the molecule is CC(C)C(C)C(=O)N(C)Cc1ccccc1C#CCO. The van der Waals surface area contributed by atoms with E-state index in [1.807, 2.05) is 38.2 Å². The number of aliphatic hydroxyl groups excluding tert-OH is 1. The molecule has 1 unspecified atom stereocenters. The van der Waals surface area contributed by atoms with E-state index in [4.69, 9.17) is 5.11 Å². The third-order valence-electron chi connectivity index (χ3n) is 3.49. The lowest BCUT2D eigenvalue weighted by molar-refractivity contribution is -0.135. The van der Waals surface area contributed by atoms with Crippen molar-refractivity contribution in [1.29, 1.82) is 0 Å². The van der Waals surface area contributed by atoms with Crippen molar-refractivity contribution in [3.63, 3.8) is 0 Å². The number of rotatable bonds is 4. The van der Waals surface area contributed by atoms with Crippen LogP contribution in [0.25, 0.3) is 0 Å². The van der Waals surface area contributed by atoms with Gasteiger partial charge in [0.25, 0.3) is 0 Å². The molecular formula is C17H23NO2. The number of benzene rings is 1. The number of aliphatic hydroxyl groups is 1. The fourth-order valence-electron chi connectivity index (χ4n) is 1.88. The minimum atomic E-state index is -0.159. The highest BCUT2D eigenvalue weighted by Crippen LogP contribution is 2.16. The van der Waals surface area contributed by atoms with E-state index >= 15 is 0 Å².